The van der Waals surface area contributed by atoms with E-state index in [0.29, 0.717) is 17.9 Å². The number of hydrogen-bond acceptors (Lipinski definition) is 4. The lowest BCUT2D eigenvalue weighted by molar-refractivity contribution is -0.137. The molecule has 1 aromatic heterocycles. The van der Waals surface area contributed by atoms with Gasteiger partial charge in [-0.3, -0.25) is 9.59 Å². The number of unbranched alkanes of at least 4 members (excludes halogenated alkanes) is 1. The number of allylic oxidation sites excluding steroid dienone is 2. The molecule has 1 aliphatic rings. The number of phenols is 1. The molecule has 162 valence electrons. The maximum atomic E-state index is 13.1. The molecule has 5 nitrogen and oxygen atoms in total. The fraction of sp³-hybridized carbons (Fsp3) is 0.500. The van der Waals surface area contributed by atoms with Gasteiger partial charge in [0.2, 0.25) is 0 Å². The van der Waals surface area contributed by atoms with Gasteiger partial charge in [-0.2, -0.15) is 0 Å². The molecular weight excluding hydrogens is 398 g/mol. The topological polar surface area (TPSA) is 86.6 Å². The number of benzene rings is 1. The molecule has 30 heavy (non-hydrogen) atoms. The highest BCUT2D eigenvalue weighted by Gasteiger charge is 2.35. The molecule has 1 heterocycles. The second-order valence-corrected chi connectivity index (χ2v) is 9.98. The molecule has 1 amide bonds. The van der Waals surface area contributed by atoms with E-state index >= 15 is 0 Å². The Morgan fingerprint density at radius 2 is 2.10 bits per heavy atom. The lowest BCUT2D eigenvalue weighted by Crippen LogP contribution is -2.46. The number of carboxylic acid groups (broad SMARTS) is 1. The van der Waals surface area contributed by atoms with Crippen LogP contribution in [0, 0.1) is 11.3 Å². The van der Waals surface area contributed by atoms with Crippen LogP contribution >= 0.6 is 11.3 Å². The first-order chi connectivity index (χ1) is 14.2. The van der Waals surface area contributed by atoms with E-state index in [1.807, 2.05) is 11.4 Å². The fourth-order valence-electron chi connectivity index (χ4n) is 4.29. The first-order valence-corrected chi connectivity index (χ1v) is 11.5. The molecular formula is C24H31NO4S. The second-order valence-electron chi connectivity index (χ2n) is 9.07. The summed E-state index contributed by atoms with van der Waals surface area (Å²) in [6.07, 6.45) is 9.84. The highest BCUT2D eigenvalue weighted by molar-refractivity contribution is 7.17. The largest absolute Gasteiger partial charge is 0.508 e. The number of carbonyl (C=O) groups excluding carboxylic acids is 1. The summed E-state index contributed by atoms with van der Waals surface area (Å²) < 4.78 is 0.989. The Morgan fingerprint density at radius 3 is 2.87 bits per heavy atom. The van der Waals surface area contributed by atoms with Crippen molar-refractivity contribution in [3.05, 3.63) is 41.3 Å². The normalized spacial score (nSPS) is 21.1. The van der Waals surface area contributed by atoms with Crippen LogP contribution in [0.1, 0.15) is 69.2 Å². The second kappa shape index (κ2) is 9.65. The van der Waals surface area contributed by atoms with E-state index in [0.717, 1.165) is 42.2 Å². The Labute approximate surface area is 181 Å². The number of amides is 1. The van der Waals surface area contributed by atoms with E-state index in [1.165, 1.54) is 11.3 Å². The minimum Gasteiger partial charge on any atom is -0.508 e. The van der Waals surface area contributed by atoms with Crippen molar-refractivity contribution in [2.45, 2.75) is 64.8 Å². The monoisotopic (exact) mass is 429 g/mol. The van der Waals surface area contributed by atoms with Crippen molar-refractivity contribution in [2.75, 3.05) is 0 Å². The van der Waals surface area contributed by atoms with Gasteiger partial charge < -0.3 is 15.5 Å². The third kappa shape index (κ3) is 5.85. The quantitative estimate of drug-likeness (QED) is 0.369. The van der Waals surface area contributed by atoms with Gasteiger partial charge in [0.25, 0.3) is 5.91 Å². The van der Waals surface area contributed by atoms with Crippen molar-refractivity contribution < 1.29 is 19.8 Å². The van der Waals surface area contributed by atoms with E-state index in [1.54, 1.807) is 12.1 Å². The maximum absolute atomic E-state index is 13.1. The first-order valence-electron chi connectivity index (χ1n) is 10.6. The number of aliphatic carboxylic acids is 1. The number of carboxylic acids is 1. The Hall–Kier alpha value is -2.34. The van der Waals surface area contributed by atoms with Crippen LogP contribution in [0.4, 0.5) is 0 Å². The molecule has 3 rings (SSSR count). The molecule has 0 saturated heterocycles. The van der Waals surface area contributed by atoms with Gasteiger partial charge in [0, 0.05) is 27.9 Å². The molecule has 1 saturated carbocycles. The number of hydrogen-bond donors (Lipinski definition) is 3. The van der Waals surface area contributed by atoms with Crippen molar-refractivity contribution in [3.8, 4) is 5.75 Å². The van der Waals surface area contributed by atoms with E-state index < -0.39 is 5.97 Å². The maximum Gasteiger partial charge on any atom is 0.303 e. The molecule has 1 fully saturated rings. The predicted molar refractivity (Wildman–Crippen MR) is 121 cm³/mol. The van der Waals surface area contributed by atoms with Crippen LogP contribution in [0.3, 0.4) is 0 Å². The summed E-state index contributed by atoms with van der Waals surface area (Å²) >= 11 is 1.51. The zero-order valence-electron chi connectivity index (χ0n) is 17.7. The Morgan fingerprint density at radius 1 is 1.30 bits per heavy atom. The van der Waals surface area contributed by atoms with Gasteiger partial charge in [-0.1, -0.05) is 26.0 Å². The van der Waals surface area contributed by atoms with E-state index in [9.17, 15) is 14.7 Å². The number of nitrogens with one attached hydrogen (secondary N) is 1. The van der Waals surface area contributed by atoms with Crippen molar-refractivity contribution in [1.29, 1.82) is 0 Å². The fourth-order valence-corrected chi connectivity index (χ4v) is 5.21. The van der Waals surface area contributed by atoms with Crippen LogP contribution in [0.5, 0.6) is 5.75 Å². The van der Waals surface area contributed by atoms with Gasteiger partial charge in [-0.05, 0) is 68.1 Å². The van der Waals surface area contributed by atoms with Crippen molar-refractivity contribution in [3.63, 3.8) is 0 Å². The van der Waals surface area contributed by atoms with Crippen LogP contribution in [0.15, 0.2) is 35.7 Å². The van der Waals surface area contributed by atoms with Gasteiger partial charge >= 0.3 is 5.97 Å². The number of phenolic OH excluding ortho intramolecular Hbond substituents is 1. The van der Waals surface area contributed by atoms with E-state index in [-0.39, 0.29) is 29.5 Å². The molecule has 0 spiro atoms. The standard InChI is InChI=1S/C24H31NO4S/c1-24(2)12-11-16(7-5-3-4-6-8-22(27)28)20(14-24)25-23(29)19-15-30-21-10-9-17(26)13-18(19)21/h3,5,9-10,13,15-16,20,26H,4,6-8,11-12,14H2,1-2H3,(H,25,29)(H,27,28)/b5-3-/t16-,20-/m0/s1. The minimum absolute atomic E-state index is 0.0787. The van der Waals surface area contributed by atoms with Crippen LogP contribution in [0.2, 0.25) is 0 Å². The lowest BCUT2D eigenvalue weighted by Gasteiger charge is -2.41. The summed E-state index contributed by atoms with van der Waals surface area (Å²) in [5.41, 5.74) is 0.812. The number of carbonyl (C=O) groups is 2. The number of fused-ring (bicyclic) bond motifs is 1. The Kier molecular flexibility index (Phi) is 7.19. The van der Waals surface area contributed by atoms with Crippen LogP contribution < -0.4 is 5.32 Å². The molecule has 6 heteroatoms. The molecule has 1 aliphatic carbocycles. The molecule has 0 unspecified atom stereocenters. The molecule has 0 aliphatic heterocycles. The number of aromatic hydroxyl groups is 1. The highest BCUT2D eigenvalue weighted by Crippen LogP contribution is 2.40. The Balaban J connectivity index is 1.66. The van der Waals surface area contributed by atoms with Gasteiger partial charge in [-0.25, -0.2) is 0 Å². The van der Waals surface area contributed by atoms with E-state index in [4.69, 9.17) is 5.11 Å². The molecule has 3 N–H and O–H groups in total. The summed E-state index contributed by atoms with van der Waals surface area (Å²) in [6.45, 7) is 4.50. The third-order valence-corrected chi connectivity index (χ3v) is 6.98. The highest BCUT2D eigenvalue weighted by atomic mass is 32.1. The molecule has 0 radical (unpaired) electrons. The van der Waals surface area contributed by atoms with Crippen LogP contribution in [0.25, 0.3) is 10.1 Å². The SMILES string of the molecule is CC1(C)CC[C@H](C/C=C\CCCC(=O)O)[C@@H](NC(=O)c2csc3ccc(O)cc23)C1. The molecule has 2 atom stereocenters. The zero-order valence-corrected chi connectivity index (χ0v) is 18.5. The first kappa shape index (κ1) is 22.3. The average Bonchev–Trinajstić information content (AvgIpc) is 3.08. The van der Waals surface area contributed by atoms with Gasteiger partial charge in [0.05, 0.1) is 5.56 Å². The van der Waals surface area contributed by atoms with Crippen molar-refractivity contribution >= 4 is 33.3 Å². The van der Waals surface area contributed by atoms with Crippen LogP contribution in [-0.2, 0) is 4.79 Å². The smallest absolute Gasteiger partial charge is 0.303 e. The summed E-state index contributed by atoms with van der Waals surface area (Å²) in [5.74, 6) is -0.296. The molecule has 2 aromatic rings. The van der Waals surface area contributed by atoms with Gasteiger partial charge in [-0.15, -0.1) is 11.3 Å². The third-order valence-electron chi connectivity index (χ3n) is 6.02. The van der Waals surface area contributed by atoms with Gasteiger partial charge in [0.15, 0.2) is 0 Å². The lowest BCUT2D eigenvalue weighted by atomic mass is 9.69. The van der Waals surface area contributed by atoms with Crippen molar-refractivity contribution in [2.24, 2.45) is 11.3 Å². The number of thiophene rings is 1. The van der Waals surface area contributed by atoms with Crippen LogP contribution in [-0.4, -0.2) is 28.1 Å². The average molecular weight is 430 g/mol. The predicted octanol–water partition coefficient (Wildman–Crippen LogP) is 5.73. The molecule has 1 aromatic carbocycles. The molecule has 0 bridgehead atoms. The minimum atomic E-state index is -0.755. The zero-order chi connectivity index (χ0) is 21.7. The summed E-state index contributed by atoms with van der Waals surface area (Å²) in [7, 11) is 0. The van der Waals surface area contributed by atoms with Crippen molar-refractivity contribution in [1.82, 2.24) is 5.32 Å². The Bertz CT molecular complexity index is 930. The summed E-state index contributed by atoms with van der Waals surface area (Å²) in [4.78, 5) is 23.7. The summed E-state index contributed by atoms with van der Waals surface area (Å²) in [5, 5.41) is 24.5. The summed E-state index contributed by atoms with van der Waals surface area (Å²) in [6, 6.07) is 5.23. The van der Waals surface area contributed by atoms with Gasteiger partial charge in [0.1, 0.15) is 5.75 Å². The van der Waals surface area contributed by atoms with E-state index in [2.05, 4.69) is 31.3 Å². The number of rotatable bonds is 8.